The van der Waals surface area contributed by atoms with Gasteiger partial charge in [-0.15, -0.1) is 0 Å². The van der Waals surface area contributed by atoms with Gasteiger partial charge in [0.05, 0.1) is 6.20 Å². The summed E-state index contributed by atoms with van der Waals surface area (Å²) in [5.74, 6) is 0.951. The van der Waals surface area contributed by atoms with E-state index in [4.69, 9.17) is 11.6 Å². The number of nitrogens with one attached hydrogen (secondary N) is 1. The standard InChI is InChI=1S/C17H19ClN4O/c1-12-2-3-14(18)10-15(12)21-17(23)13-4-8-22(9-5-13)16-11-19-6-7-20-16/h2-3,6-7,10-11,13H,4-5,8-9H2,1H3,(H,21,23). The number of hydrogen-bond acceptors (Lipinski definition) is 4. The van der Waals surface area contributed by atoms with Crippen LogP contribution in [0.1, 0.15) is 18.4 Å². The third-order valence-corrected chi connectivity index (χ3v) is 4.43. The maximum atomic E-state index is 12.5. The molecule has 0 saturated carbocycles. The summed E-state index contributed by atoms with van der Waals surface area (Å²) in [4.78, 5) is 23.0. The lowest BCUT2D eigenvalue weighted by molar-refractivity contribution is -0.120. The van der Waals surface area contributed by atoms with Gasteiger partial charge in [0.1, 0.15) is 5.82 Å². The van der Waals surface area contributed by atoms with Crippen molar-refractivity contribution in [3.8, 4) is 0 Å². The molecule has 5 nitrogen and oxygen atoms in total. The van der Waals surface area contributed by atoms with Crippen LogP contribution in [0.15, 0.2) is 36.8 Å². The van der Waals surface area contributed by atoms with Crippen molar-refractivity contribution in [2.24, 2.45) is 5.92 Å². The predicted molar refractivity (Wildman–Crippen MR) is 91.8 cm³/mol. The molecule has 0 aliphatic carbocycles. The topological polar surface area (TPSA) is 58.1 Å². The molecule has 0 unspecified atom stereocenters. The highest BCUT2D eigenvalue weighted by Crippen LogP contribution is 2.25. The van der Waals surface area contributed by atoms with Crippen LogP contribution >= 0.6 is 11.6 Å². The van der Waals surface area contributed by atoms with E-state index in [1.54, 1.807) is 24.7 Å². The van der Waals surface area contributed by atoms with Crippen LogP contribution in [-0.4, -0.2) is 29.0 Å². The highest BCUT2D eigenvalue weighted by atomic mass is 35.5. The summed E-state index contributed by atoms with van der Waals surface area (Å²) in [5, 5.41) is 3.63. The number of carbonyl (C=O) groups is 1. The van der Waals surface area contributed by atoms with Crippen molar-refractivity contribution in [3.63, 3.8) is 0 Å². The van der Waals surface area contributed by atoms with Crippen LogP contribution in [-0.2, 0) is 4.79 Å². The molecule has 2 heterocycles. The zero-order valence-corrected chi connectivity index (χ0v) is 13.8. The van der Waals surface area contributed by atoms with Gasteiger partial charge in [-0.05, 0) is 37.5 Å². The molecule has 1 amide bonds. The number of rotatable bonds is 3. The van der Waals surface area contributed by atoms with Crippen LogP contribution in [0.3, 0.4) is 0 Å². The van der Waals surface area contributed by atoms with Gasteiger partial charge in [-0.3, -0.25) is 9.78 Å². The molecule has 2 aromatic rings. The smallest absolute Gasteiger partial charge is 0.227 e. The van der Waals surface area contributed by atoms with Crippen molar-refractivity contribution >= 4 is 29.0 Å². The minimum Gasteiger partial charge on any atom is -0.355 e. The number of nitrogens with zero attached hydrogens (tertiary/aromatic N) is 3. The second-order valence-corrected chi connectivity index (χ2v) is 6.21. The number of anilines is 2. The quantitative estimate of drug-likeness (QED) is 0.938. The summed E-state index contributed by atoms with van der Waals surface area (Å²) in [6, 6.07) is 5.53. The van der Waals surface area contributed by atoms with Crippen LogP contribution < -0.4 is 10.2 Å². The first-order chi connectivity index (χ1) is 11.1. The van der Waals surface area contributed by atoms with E-state index in [1.807, 2.05) is 19.1 Å². The van der Waals surface area contributed by atoms with Crippen LogP contribution in [0.2, 0.25) is 5.02 Å². The highest BCUT2D eigenvalue weighted by molar-refractivity contribution is 6.31. The van der Waals surface area contributed by atoms with Crippen molar-refractivity contribution in [2.45, 2.75) is 19.8 Å². The fraction of sp³-hybridized carbons (Fsp3) is 0.353. The molecule has 1 aromatic heterocycles. The van der Waals surface area contributed by atoms with Crippen molar-refractivity contribution in [2.75, 3.05) is 23.3 Å². The monoisotopic (exact) mass is 330 g/mol. The van der Waals surface area contributed by atoms with Gasteiger partial charge in [0, 0.05) is 42.1 Å². The number of aromatic nitrogens is 2. The lowest BCUT2D eigenvalue weighted by Crippen LogP contribution is -2.38. The third kappa shape index (κ3) is 3.79. The first-order valence-electron chi connectivity index (χ1n) is 7.71. The van der Waals surface area contributed by atoms with Gasteiger partial charge in [0.15, 0.2) is 0 Å². The first-order valence-corrected chi connectivity index (χ1v) is 8.09. The second-order valence-electron chi connectivity index (χ2n) is 5.77. The van der Waals surface area contributed by atoms with Crippen molar-refractivity contribution < 1.29 is 4.79 Å². The molecule has 1 aromatic carbocycles. The van der Waals surface area contributed by atoms with E-state index >= 15 is 0 Å². The van der Waals surface area contributed by atoms with E-state index in [0.29, 0.717) is 5.02 Å². The summed E-state index contributed by atoms with van der Waals surface area (Å²) in [5.41, 5.74) is 1.80. The number of aryl methyl sites for hydroxylation is 1. The summed E-state index contributed by atoms with van der Waals surface area (Å²) < 4.78 is 0. The number of piperidine rings is 1. The molecule has 1 fully saturated rings. The summed E-state index contributed by atoms with van der Waals surface area (Å²) in [6.07, 6.45) is 6.73. The van der Waals surface area contributed by atoms with Crippen LogP contribution in [0.25, 0.3) is 0 Å². The van der Waals surface area contributed by atoms with Crippen LogP contribution in [0.5, 0.6) is 0 Å². The Balaban J connectivity index is 1.59. The molecule has 1 N–H and O–H groups in total. The SMILES string of the molecule is Cc1ccc(Cl)cc1NC(=O)C1CCN(c2cnccn2)CC1. The lowest BCUT2D eigenvalue weighted by Gasteiger charge is -2.31. The fourth-order valence-corrected chi connectivity index (χ4v) is 2.96. The highest BCUT2D eigenvalue weighted by Gasteiger charge is 2.26. The third-order valence-electron chi connectivity index (χ3n) is 4.20. The molecule has 1 aliphatic heterocycles. The number of benzene rings is 1. The largest absolute Gasteiger partial charge is 0.355 e. The van der Waals surface area contributed by atoms with Gasteiger partial charge in [-0.2, -0.15) is 0 Å². The Labute approximate surface area is 140 Å². The molecular formula is C17H19ClN4O. The van der Waals surface area contributed by atoms with Gasteiger partial charge >= 0.3 is 0 Å². The van der Waals surface area contributed by atoms with Crippen LogP contribution in [0, 0.1) is 12.8 Å². The predicted octanol–water partition coefficient (Wildman–Crippen LogP) is 3.29. The van der Waals surface area contributed by atoms with Crippen molar-refractivity contribution in [1.29, 1.82) is 0 Å². The Kier molecular flexibility index (Phi) is 4.76. The van der Waals surface area contributed by atoms with E-state index in [1.165, 1.54) is 0 Å². The Hall–Kier alpha value is -2.14. The zero-order chi connectivity index (χ0) is 16.2. The fourth-order valence-electron chi connectivity index (χ4n) is 2.79. The molecule has 23 heavy (non-hydrogen) atoms. The number of carbonyl (C=O) groups excluding carboxylic acids is 1. The summed E-state index contributed by atoms with van der Waals surface area (Å²) in [6.45, 7) is 3.58. The van der Waals surface area contributed by atoms with E-state index in [-0.39, 0.29) is 11.8 Å². The van der Waals surface area contributed by atoms with Gasteiger partial charge in [-0.25, -0.2) is 4.98 Å². The minimum absolute atomic E-state index is 0.0151. The number of hydrogen-bond donors (Lipinski definition) is 1. The Morgan fingerprint density at radius 1 is 1.30 bits per heavy atom. The van der Waals surface area contributed by atoms with E-state index in [9.17, 15) is 4.79 Å². The van der Waals surface area contributed by atoms with E-state index < -0.39 is 0 Å². The average Bonchev–Trinajstić information content (AvgIpc) is 2.59. The summed E-state index contributed by atoms with van der Waals surface area (Å²) >= 11 is 6.00. The first kappa shape index (κ1) is 15.7. The number of halogens is 1. The second kappa shape index (κ2) is 6.96. The normalized spacial score (nSPS) is 15.5. The maximum absolute atomic E-state index is 12.5. The van der Waals surface area contributed by atoms with Crippen molar-refractivity contribution in [3.05, 3.63) is 47.4 Å². The van der Waals surface area contributed by atoms with Crippen LogP contribution in [0.4, 0.5) is 11.5 Å². The number of amides is 1. The Morgan fingerprint density at radius 2 is 2.09 bits per heavy atom. The van der Waals surface area contributed by atoms with Gasteiger partial charge in [0.2, 0.25) is 5.91 Å². The Morgan fingerprint density at radius 3 is 2.78 bits per heavy atom. The summed E-state index contributed by atoms with van der Waals surface area (Å²) in [7, 11) is 0. The molecule has 0 spiro atoms. The lowest BCUT2D eigenvalue weighted by atomic mass is 9.95. The zero-order valence-electron chi connectivity index (χ0n) is 13.0. The van der Waals surface area contributed by atoms with Gasteiger partial charge < -0.3 is 10.2 Å². The van der Waals surface area contributed by atoms with E-state index in [2.05, 4.69) is 20.2 Å². The molecule has 0 bridgehead atoms. The van der Waals surface area contributed by atoms with Crippen molar-refractivity contribution in [1.82, 2.24) is 9.97 Å². The molecule has 120 valence electrons. The Bertz CT molecular complexity index is 684. The van der Waals surface area contributed by atoms with Gasteiger partial charge in [-0.1, -0.05) is 17.7 Å². The molecule has 1 aliphatic rings. The van der Waals surface area contributed by atoms with Gasteiger partial charge in [0.25, 0.3) is 0 Å². The molecule has 1 saturated heterocycles. The minimum atomic E-state index is 0.0151. The van der Waals surface area contributed by atoms with E-state index in [0.717, 1.165) is 43.0 Å². The average molecular weight is 331 g/mol. The molecule has 0 radical (unpaired) electrons. The molecule has 0 atom stereocenters. The molecular weight excluding hydrogens is 312 g/mol. The molecule has 3 rings (SSSR count). The maximum Gasteiger partial charge on any atom is 0.227 e. The molecule has 6 heteroatoms.